The quantitative estimate of drug-likeness (QED) is 0.304. The number of aromatic nitrogens is 1. The van der Waals surface area contributed by atoms with Crippen molar-refractivity contribution in [3.05, 3.63) is 84.2 Å². The Balaban J connectivity index is 1.29. The molecule has 2 heterocycles. The summed E-state index contributed by atoms with van der Waals surface area (Å²) in [6.07, 6.45) is 3.70. The highest BCUT2D eigenvalue weighted by Crippen LogP contribution is 2.30. The van der Waals surface area contributed by atoms with Gasteiger partial charge in [-0.05, 0) is 54.1 Å². The van der Waals surface area contributed by atoms with E-state index in [-0.39, 0.29) is 6.61 Å². The number of hydrogen-bond donors (Lipinski definition) is 1. The van der Waals surface area contributed by atoms with E-state index in [1.807, 2.05) is 6.07 Å². The van der Waals surface area contributed by atoms with E-state index in [0.29, 0.717) is 28.4 Å². The zero-order valence-corrected chi connectivity index (χ0v) is 15.7. The molecule has 8 heteroatoms. The minimum atomic E-state index is -0.786. The van der Waals surface area contributed by atoms with E-state index in [0.717, 1.165) is 0 Å². The number of para-hydroxylation sites is 2. The molecule has 1 aliphatic heterocycles. The average molecular weight is 403 g/mol. The second kappa shape index (κ2) is 8.87. The van der Waals surface area contributed by atoms with Gasteiger partial charge in [0.05, 0.1) is 11.8 Å². The lowest BCUT2D eigenvalue weighted by molar-refractivity contribution is -0.130. The van der Waals surface area contributed by atoms with Gasteiger partial charge in [0, 0.05) is 12.4 Å². The van der Waals surface area contributed by atoms with Crippen LogP contribution in [0.5, 0.6) is 17.2 Å². The molecule has 0 bridgehead atoms. The molecule has 0 aliphatic carbocycles. The van der Waals surface area contributed by atoms with Crippen LogP contribution >= 0.6 is 0 Å². The Bertz CT molecular complexity index is 1070. The number of pyridine rings is 1. The predicted molar refractivity (Wildman–Crippen MR) is 108 cm³/mol. The van der Waals surface area contributed by atoms with Crippen LogP contribution in [-0.4, -0.2) is 35.8 Å². The summed E-state index contributed by atoms with van der Waals surface area (Å²) >= 11 is 0. The topological polar surface area (TPSA) is 99.1 Å². The number of nitrogens with zero attached hydrogens (tertiary/aromatic N) is 2. The molecule has 0 fully saturated rings. The van der Waals surface area contributed by atoms with Crippen LogP contribution in [0.15, 0.2) is 78.2 Å². The lowest BCUT2D eigenvalue weighted by Crippen LogP contribution is -2.42. The number of fused-ring (bicyclic) bond motifs is 1. The summed E-state index contributed by atoms with van der Waals surface area (Å²) in [6.45, 7) is 0.107. The molecule has 1 atom stereocenters. The molecule has 30 heavy (non-hydrogen) atoms. The third-order valence-electron chi connectivity index (χ3n) is 4.18. The van der Waals surface area contributed by atoms with Crippen molar-refractivity contribution in [3.63, 3.8) is 0 Å². The zero-order chi connectivity index (χ0) is 20.8. The van der Waals surface area contributed by atoms with Gasteiger partial charge in [-0.2, -0.15) is 5.10 Å². The number of benzene rings is 2. The summed E-state index contributed by atoms with van der Waals surface area (Å²) in [5, 5.41) is 3.93. The van der Waals surface area contributed by atoms with Crippen molar-refractivity contribution in [2.75, 3.05) is 6.61 Å². The van der Waals surface area contributed by atoms with Crippen molar-refractivity contribution in [1.82, 2.24) is 10.4 Å². The molecule has 8 nitrogen and oxygen atoms in total. The first kappa shape index (κ1) is 19.1. The molecule has 0 saturated carbocycles. The van der Waals surface area contributed by atoms with Gasteiger partial charge >= 0.3 is 5.97 Å². The van der Waals surface area contributed by atoms with Gasteiger partial charge in [-0.25, -0.2) is 10.2 Å². The summed E-state index contributed by atoms with van der Waals surface area (Å²) in [5.41, 5.74) is 3.51. The number of carbonyl (C=O) groups excluding carboxylic acids is 2. The van der Waals surface area contributed by atoms with Crippen molar-refractivity contribution in [3.8, 4) is 17.2 Å². The van der Waals surface area contributed by atoms with Gasteiger partial charge in [-0.3, -0.25) is 9.78 Å². The van der Waals surface area contributed by atoms with E-state index in [1.54, 1.807) is 60.8 Å². The van der Waals surface area contributed by atoms with Gasteiger partial charge in [-0.15, -0.1) is 0 Å². The van der Waals surface area contributed by atoms with Gasteiger partial charge in [0.1, 0.15) is 12.4 Å². The third-order valence-corrected chi connectivity index (χ3v) is 4.18. The number of nitrogens with one attached hydrogen (secondary N) is 1. The van der Waals surface area contributed by atoms with E-state index in [1.165, 1.54) is 12.4 Å². The largest absolute Gasteiger partial charge is 0.485 e. The number of carbonyl (C=O) groups is 2. The normalized spacial score (nSPS) is 14.9. The van der Waals surface area contributed by atoms with Gasteiger partial charge in [0.25, 0.3) is 5.91 Å². The molecule has 150 valence electrons. The first-order valence-electron chi connectivity index (χ1n) is 9.13. The van der Waals surface area contributed by atoms with E-state index in [9.17, 15) is 9.59 Å². The van der Waals surface area contributed by atoms with Crippen LogP contribution in [-0.2, 0) is 4.79 Å². The van der Waals surface area contributed by atoms with E-state index in [4.69, 9.17) is 14.2 Å². The molecule has 1 N–H and O–H groups in total. The van der Waals surface area contributed by atoms with Crippen LogP contribution in [0, 0.1) is 0 Å². The molecule has 1 amide bonds. The Morgan fingerprint density at radius 3 is 2.63 bits per heavy atom. The smallest absolute Gasteiger partial charge is 0.345 e. The van der Waals surface area contributed by atoms with Gasteiger partial charge in [-0.1, -0.05) is 12.1 Å². The number of hydrazone groups is 1. The van der Waals surface area contributed by atoms with E-state index < -0.39 is 18.0 Å². The minimum Gasteiger partial charge on any atom is -0.485 e. The second-order valence-electron chi connectivity index (χ2n) is 6.30. The van der Waals surface area contributed by atoms with Crippen LogP contribution in [0.1, 0.15) is 15.9 Å². The third kappa shape index (κ3) is 4.61. The predicted octanol–water partition coefficient (Wildman–Crippen LogP) is 2.59. The van der Waals surface area contributed by atoms with E-state index in [2.05, 4.69) is 15.5 Å². The lowest BCUT2D eigenvalue weighted by atomic mass is 10.2. The SMILES string of the molecule is O=C(Oc1ccc(/C=N\NC(=O)[C@H]2COc3ccccc3O2)cc1)c1cccnc1. The lowest BCUT2D eigenvalue weighted by Gasteiger charge is -2.24. The molecule has 0 radical (unpaired) electrons. The molecule has 0 spiro atoms. The van der Waals surface area contributed by atoms with Crippen LogP contribution in [0.4, 0.5) is 0 Å². The number of hydrogen-bond acceptors (Lipinski definition) is 7. The fraction of sp³-hybridized carbons (Fsp3) is 0.0909. The fourth-order valence-electron chi connectivity index (χ4n) is 2.66. The Morgan fingerprint density at radius 1 is 1.07 bits per heavy atom. The summed E-state index contributed by atoms with van der Waals surface area (Å²) < 4.78 is 16.4. The molecule has 0 saturated heterocycles. The van der Waals surface area contributed by atoms with Crippen molar-refractivity contribution in [1.29, 1.82) is 0 Å². The first-order valence-corrected chi connectivity index (χ1v) is 9.13. The number of rotatable bonds is 5. The fourth-order valence-corrected chi connectivity index (χ4v) is 2.66. The maximum absolute atomic E-state index is 12.2. The summed E-state index contributed by atoms with van der Waals surface area (Å²) in [5.74, 6) is 0.603. The Hall–Kier alpha value is -4.20. The Morgan fingerprint density at radius 2 is 1.87 bits per heavy atom. The highest BCUT2D eigenvalue weighted by atomic mass is 16.6. The highest BCUT2D eigenvalue weighted by Gasteiger charge is 2.26. The number of esters is 1. The summed E-state index contributed by atoms with van der Waals surface area (Å²) in [6, 6.07) is 17.1. The Kier molecular flexibility index (Phi) is 5.66. The van der Waals surface area contributed by atoms with Crippen LogP contribution < -0.4 is 19.6 Å². The molecule has 2 aromatic carbocycles. The highest BCUT2D eigenvalue weighted by molar-refractivity contribution is 5.90. The van der Waals surface area contributed by atoms with Crippen LogP contribution in [0.3, 0.4) is 0 Å². The molecule has 4 rings (SSSR count). The average Bonchev–Trinajstić information content (AvgIpc) is 2.80. The standard InChI is InChI=1S/C22H17N3O5/c26-21(20-14-28-18-5-1-2-6-19(18)30-20)25-24-12-15-7-9-17(10-8-15)29-22(27)16-4-3-11-23-13-16/h1-13,20H,14H2,(H,25,26)/b24-12-/t20-/m1/s1. The zero-order valence-electron chi connectivity index (χ0n) is 15.7. The van der Waals surface area contributed by atoms with Crippen molar-refractivity contribution >= 4 is 18.1 Å². The molecule has 0 unspecified atom stereocenters. The summed E-state index contributed by atoms with van der Waals surface area (Å²) in [7, 11) is 0. The molecular weight excluding hydrogens is 386 g/mol. The van der Waals surface area contributed by atoms with Crippen LogP contribution in [0.25, 0.3) is 0 Å². The van der Waals surface area contributed by atoms with Gasteiger partial charge in [0.15, 0.2) is 11.5 Å². The summed E-state index contributed by atoms with van der Waals surface area (Å²) in [4.78, 5) is 28.1. The molecule has 1 aromatic heterocycles. The molecular formula is C22H17N3O5. The maximum atomic E-state index is 12.2. The number of ether oxygens (including phenoxy) is 3. The van der Waals surface area contributed by atoms with Crippen molar-refractivity contribution in [2.24, 2.45) is 5.10 Å². The van der Waals surface area contributed by atoms with Gasteiger partial charge in [0.2, 0.25) is 6.10 Å². The minimum absolute atomic E-state index is 0.107. The molecule has 1 aliphatic rings. The molecule has 3 aromatic rings. The van der Waals surface area contributed by atoms with E-state index >= 15 is 0 Å². The second-order valence-corrected chi connectivity index (χ2v) is 6.30. The Labute approximate surface area is 172 Å². The monoisotopic (exact) mass is 403 g/mol. The van der Waals surface area contributed by atoms with Gasteiger partial charge < -0.3 is 14.2 Å². The van der Waals surface area contributed by atoms with Crippen molar-refractivity contribution < 1.29 is 23.8 Å². The first-order chi connectivity index (χ1) is 14.7. The maximum Gasteiger partial charge on any atom is 0.345 e. The van der Waals surface area contributed by atoms with Crippen molar-refractivity contribution in [2.45, 2.75) is 6.10 Å². The van der Waals surface area contributed by atoms with Crippen LogP contribution in [0.2, 0.25) is 0 Å². The number of amides is 1.